The molecule has 128 valence electrons. The molecular weight excluding hydrogens is 382 g/mol. The van der Waals surface area contributed by atoms with Crippen molar-refractivity contribution >= 4 is 31.9 Å². The number of carbonyl (C=O) groups excluding carboxylic acids is 1. The van der Waals surface area contributed by atoms with Crippen molar-refractivity contribution in [1.82, 2.24) is 4.31 Å². The Balaban J connectivity index is 2.39. The molecule has 1 fully saturated rings. The number of rotatable bonds is 6. The number of esters is 1. The smallest absolute Gasteiger partial charge is 0.324 e. The maximum atomic E-state index is 13.1. The summed E-state index contributed by atoms with van der Waals surface area (Å²) in [5.41, 5.74) is 0.990. The van der Waals surface area contributed by atoms with E-state index in [1.807, 2.05) is 6.92 Å². The van der Waals surface area contributed by atoms with Crippen molar-refractivity contribution in [2.45, 2.75) is 50.1 Å². The summed E-state index contributed by atoms with van der Waals surface area (Å²) in [5, 5.41) is 0.688. The van der Waals surface area contributed by atoms with Crippen LogP contribution in [0.3, 0.4) is 0 Å². The summed E-state index contributed by atoms with van der Waals surface area (Å²) in [7, 11) is -3.73. The summed E-state index contributed by atoms with van der Waals surface area (Å²) in [4.78, 5) is 12.4. The van der Waals surface area contributed by atoms with Crippen LogP contribution in [0.4, 0.5) is 0 Å². The lowest BCUT2D eigenvalue weighted by Gasteiger charge is -2.28. The Morgan fingerprint density at radius 2 is 1.96 bits per heavy atom. The number of nitrogens with zero attached hydrogens (tertiary/aromatic N) is 1. The van der Waals surface area contributed by atoms with Gasteiger partial charge in [-0.1, -0.05) is 33.6 Å². The lowest BCUT2D eigenvalue weighted by Crippen LogP contribution is -2.45. The Hall–Kier alpha value is -0.920. The van der Waals surface area contributed by atoms with Crippen LogP contribution >= 0.6 is 15.9 Å². The van der Waals surface area contributed by atoms with E-state index in [4.69, 9.17) is 4.74 Å². The van der Waals surface area contributed by atoms with E-state index >= 15 is 0 Å². The minimum absolute atomic E-state index is 0.185. The number of ether oxygens (including phenoxy) is 1. The third-order valence-corrected chi connectivity index (χ3v) is 6.47. The summed E-state index contributed by atoms with van der Waals surface area (Å²) >= 11 is 3.37. The number of alkyl halides is 1. The molecule has 0 radical (unpaired) electrons. The van der Waals surface area contributed by atoms with Gasteiger partial charge in [0.15, 0.2) is 0 Å². The summed E-state index contributed by atoms with van der Waals surface area (Å²) in [6, 6.07) is 5.80. The van der Waals surface area contributed by atoms with Crippen LogP contribution in [-0.2, 0) is 19.6 Å². The zero-order chi connectivity index (χ0) is 17.0. The molecule has 1 aromatic rings. The normalized spacial score (nSPS) is 22.2. The molecule has 1 saturated heterocycles. The first kappa shape index (κ1) is 18.4. The highest BCUT2D eigenvalue weighted by Gasteiger charge is 2.45. The van der Waals surface area contributed by atoms with Gasteiger partial charge in [0.05, 0.1) is 11.5 Å². The van der Waals surface area contributed by atoms with Crippen LogP contribution in [0.25, 0.3) is 0 Å². The maximum absolute atomic E-state index is 13.1. The predicted octanol–water partition coefficient (Wildman–Crippen LogP) is 2.86. The predicted molar refractivity (Wildman–Crippen MR) is 92.1 cm³/mol. The van der Waals surface area contributed by atoms with E-state index in [1.165, 1.54) is 4.31 Å². The number of aryl methyl sites for hydroxylation is 1. The number of benzene rings is 1. The van der Waals surface area contributed by atoms with Gasteiger partial charge in [0, 0.05) is 11.4 Å². The van der Waals surface area contributed by atoms with Crippen molar-refractivity contribution in [1.29, 1.82) is 0 Å². The molecular formula is C16H22BrNO4S. The Morgan fingerprint density at radius 1 is 1.30 bits per heavy atom. The minimum Gasteiger partial charge on any atom is -0.465 e. The maximum Gasteiger partial charge on any atom is 0.324 e. The third-order valence-electron chi connectivity index (χ3n) is 4.04. The van der Waals surface area contributed by atoms with Gasteiger partial charge >= 0.3 is 5.97 Å². The highest BCUT2D eigenvalue weighted by molar-refractivity contribution is 9.09. The van der Waals surface area contributed by atoms with E-state index in [1.54, 1.807) is 31.2 Å². The molecule has 1 aliphatic heterocycles. The van der Waals surface area contributed by atoms with Crippen LogP contribution in [0, 0.1) is 6.92 Å². The first-order valence-electron chi connectivity index (χ1n) is 7.74. The molecule has 2 atom stereocenters. The summed E-state index contributed by atoms with van der Waals surface area (Å²) in [5.74, 6) is -0.458. The second kappa shape index (κ2) is 7.77. The molecule has 0 aromatic heterocycles. The van der Waals surface area contributed by atoms with E-state index in [0.717, 1.165) is 5.56 Å². The Morgan fingerprint density at radius 3 is 2.52 bits per heavy atom. The first-order chi connectivity index (χ1) is 10.9. The molecule has 1 aromatic carbocycles. The molecule has 7 heteroatoms. The van der Waals surface area contributed by atoms with Crippen LogP contribution in [0.1, 0.15) is 31.7 Å². The molecule has 0 aliphatic carbocycles. The zero-order valence-corrected chi connectivity index (χ0v) is 15.8. The largest absolute Gasteiger partial charge is 0.465 e. The molecule has 23 heavy (non-hydrogen) atoms. The van der Waals surface area contributed by atoms with Crippen LogP contribution in [-0.4, -0.2) is 42.7 Å². The lowest BCUT2D eigenvalue weighted by molar-refractivity contribution is -0.147. The van der Waals surface area contributed by atoms with Crippen LogP contribution < -0.4 is 0 Å². The molecule has 0 bridgehead atoms. The lowest BCUT2D eigenvalue weighted by atomic mass is 10.1. The molecule has 0 saturated carbocycles. The third kappa shape index (κ3) is 3.95. The number of carbonyl (C=O) groups is 1. The van der Waals surface area contributed by atoms with E-state index < -0.39 is 22.0 Å². The van der Waals surface area contributed by atoms with Crippen LogP contribution in [0.15, 0.2) is 29.2 Å². The molecule has 1 heterocycles. The first-order valence-corrected chi connectivity index (χ1v) is 10.3. The topological polar surface area (TPSA) is 63.7 Å². The molecule has 1 aliphatic rings. The highest BCUT2D eigenvalue weighted by Crippen LogP contribution is 2.33. The Kier molecular flexibility index (Phi) is 6.22. The Bertz CT molecular complexity index is 645. The fraction of sp³-hybridized carbons (Fsp3) is 0.562. The fourth-order valence-corrected chi connectivity index (χ4v) is 5.29. The Labute approximate surface area is 146 Å². The summed E-state index contributed by atoms with van der Waals surface area (Å²) in [6.45, 7) is 3.87. The van der Waals surface area contributed by atoms with Crippen molar-refractivity contribution in [3.05, 3.63) is 29.8 Å². The molecule has 0 amide bonds. The SMILES string of the molecule is CCOC(=O)[C@@H]1CC[C@@H](CCBr)N1S(=O)(=O)c1ccc(C)cc1. The van der Waals surface area contributed by atoms with Crippen molar-refractivity contribution in [2.75, 3.05) is 11.9 Å². The van der Waals surface area contributed by atoms with Crippen molar-refractivity contribution in [3.63, 3.8) is 0 Å². The summed E-state index contributed by atoms with van der Waals surface area (Å²) in [6.07, 6.45) is 1.84. The number of halogens is 1. The average molecular weight is 404 g/mol. The van der Waals surface area contributed by atoms with Crippen molar-refractivity contribution < 1.29 is 17.9 Å². The molecule has 5 nitrogen and oxygen atoms in total. The monoisotopic (exact) mass is 403 g/mol. The summed E-state index contributed by atoms with van der Waals surface area (Å²) < 4.78 is 32.5. The standard InChI is InChI=1S/C16H22BrNO4S/c1-3-22-16(19)15-9-6-13(10-11-17)18(15)23(20,21)14-7-4-12(2)5-8-14/h4-5,7-8,13,15H,3,6,9-11H2,1-2H3/t13-,15-/m0/s1. The highest BCUT2D eigenvalue weighted by atomic mass is 79.9. The van der Waals surface area contributed by atoms with Crippen molar-refractivity contribution in [3.8, 4) is 0 Å². The van der Waals surface area contributed by atoms with Crippen molar-refractivity contribution in [2.24, 2.45) is 0 Å². The minimum atomic E-state index is -3.73. The van der Waals surface area contributed by atoms with Gasteiger partial charge in [-0.15, -0.1) is 0 Å². The zero-order valence-electron chi connectivity index (χ0n) is 13.4. The average Bonchev–Trinajstić information content (AvgIpc) is 2.93. The second-order valence-electron chi connectivity index (χ2n) is 5.62. The molecule has 0 unspecified atom stereocenters. The molecule has 2 rings (SSSR count). The van der Waals surface area contributed by atoms with Crippen LogP contribution in [0.5, 0.6) is 0 Å². The molecule has 0 N–H and O–H groups in total. The van der Waals surface area contributed by atoms with Gasteiger partial charge in [-0.05, 0) is 45.2 Å². The molecule has 0 spiro atoms. The van der Waals surface area contributed by atoms with E-state index in [-0.39, 0.29) is 17.5 Å². The van der Waals surface area contributed by atoms with Gasteiger partial charge in [-0.25, -0.2) is 8.42 Å². The number of hydrogen-bond acceptors (Lipinski definition) is 4. The van der Waals surface area contributed by atoms with E-state index in [2.05, 4.69) is 15.9 Å². The van der Waals surface area contributed by atoms with Gasteiger partial charge in [-0.2, -0.15) is 4.31 Å². The number of hydrogen-bond donors (Lipinski definition) is 0. The van der Waals surface area contributed by atoms with Gasteiger partial charge in [-0.3, -0.25) is 4.79 Å². The quantitative estimate of drug-likeness (QED) is 0.540. The second-order valence-corrected chi connectivity index (χ2v) is 8.26. The number of sulfonamides is 1. The van der Waals surface area contributed by atoms with E-state index in [0.29, 0.717) is 24.6 Å². The van der Waals surface area contributed by atoms with Gasteiger partial charge in [0.1, 0.15) is 6.04 Å². The van der Waals surface area contributed by atoms with Crippen LogP contribution in [0.2, 0.25) is 0 Å². The van der Waals surface area contributed by atoms with Gasteiger partial charge in [0.25, 0.3) is 0 Å². The van der Waals surface area contributed by atoms with Gasteiger partial charge in [0.2, 0.25) is 10.0 Å². The van der Waals surface area contributed by atoms with Gasteiger partial charge < -0.3 is 4.74 Å². The fourth-order valence-electron chi connectivity index (χ4n) is 2.91. The van der Waals surface area contributed by atoms with E-state index in [9.17, 15) is 13.2 Å².